The third-order valence-electron chi connectivity index (χ3n) is 3.95. The number of rotatable bonds is 6. The normalized spacial score (nSPS) is 10.3. The Hall–Kier alpha value is -3.12. The molecular weight excluding hydrogens is 364 g/mol. The Balaban J connectivity index is 1.69. The van der Waals surface area contributed by atoms with Crippen molar-refractivity contribution >= 4 is 29.0 Å². The molecule has 7 heteroatoms. The second-order valence-electron chi connectivity index (χ2n) is 5.92. The predicted molar refractivity (Wildman–Crippen MR) is 107 cm³/mol. The molecule has 1 aromatic heterocycles. The molecule has 27 heavy (non-hydrogen) atoms. The van der Waals surface area contributed by atoms with Crippen molar-refractivity contribution in [2.24, 2.45) is 0 Å². The largest absolute Gasteiger partial charge is 0.495 e. The van der Waals surface area contributed by atoms with Crippen LogP contribution in [0.25, 0.3) is 0 Å². The molecule has 0 saturated heterocycles. The Morgan fingerprint density at radius 3 is 2.56 bits per heavy atom. The summed E-state index contributed by atoms with van der Waals surface area (Å²) in [6, 6.07) is 18.4. The lowest BCUT2D eigenvalue weighted by Gasteiger charge is -2.17. The van der Waals surface area contributed by atoms with E-state index < -0.39 is 0 Å². The summed E-state index contributed by atoms with van der Waals surface area (Å²) in [5.74, 6) is 0.802. The van der Waals surface area contributed by atoms with Crippen LogP contribution < -0.4 is 15.0 Å². The molecule has 0 bridgehead atoms. The van der Waals surface area contributed by atoms with E-state index in [2.05, 4.69) is 15.5 Å². The maximum Gasteiger partial charge on any atom is 0.276 e. The molecule has 1 N–H and O–H groups in total. The first-order valence-electron chi connectivity index (χ1n) is 8.30. The van der Waals surface area contributed by atoms with E-state index in [-0.39, 0.29) is 11.6 Å². The highest BCUT2D eigenvalue weighted by atomic mass is 35.5. The molecule has 6 nitrogen and oxygen atoms in total. The highest BCUT2D eigenvalue weighted by Gasteiger charge is 2.13. The van der Waals surface area contributed by atoms with Crippen molar-refractivity contribution in [1.29, 1.82) is 0 Å². The molecule has 0 aliphatic carbocycles. The molecule has 0 saturated carbocycles. The van der Waals surface area contributed by atoms with E-state index in [1.165, 1.54) is 7.11 Å². The van der Waals surface area contributed by atoms with Crippen molar-refractivity contribution in [3.8, 4) is 5.75 Å². The summed E-state index contributed by atoms with van der Waals surface area (Å²) in [6.07, 6.45) is 0. The van der Waals surface area contributed by atoms with E-state index >= 15 is 0 Å². The number of nitrogens with one attached hydrogen (secondary N) is 1. The van der Waals surface area contributed by atoms with Crippen LogP contribution in [0.15, 0.2) is 60.7 Å². The van der Waals surface area contributed by atoms with E-state index in [1.54, 1.807) is 30.3 Å². The smallest absolute Gasteiger partial charge is 0.276 e. The molecule has 0 aliphatic rings. The number of amides is 1. The highest BCUT2D eigenvalue weighted by molar-refractivity contribution is 6.31. The Bertz CT molecular complexity index is 917. The number of aromatic nitrogens is 2. The lowest BCUT2D eigenvalue weighted by atomic mass is 10.2. The zero-order valence-electron chi connectivity index (χ0n) is 15.0. The molecular formula is C20H19ClN4O2. The lowest BCUT2D eigenvalue weighted by Crippen LogP contribution is -2.20. The monoisotopic (exact) mass is 382 g/mol. The minimum atomic E-state index is -0.389. The molecule has 0 spiro atoms. The molecule has 0 unspecified atom stereocenters. The molecule has 0 fully saturated rings. The van der Waals surface area contributed by atoms with Crippen LogP contribution in [0.2, 0.25) is 5.02 Å². The number of carbonyl (C=O) groups is 1. The average molecular weight is 383 g/mol. The first-order valence-corrected chi connectivity index (χ1v) is 8.68. The van der Waals surface area contributed by atoms with E-state index in [0.717, 1.165) is 5.56 Å². The van der Waals surface area contributed by atoms with Crippen molar-refractivity contribution < 1.29 is 9.53 Å². The summed E-state index contributed by atoms with van der Waals surface area (Å²) in [4.78, 5) is 14.4. The van der Waals surface area contributed by atoms with Gasteiger partial charge in [0, 0.05) is 18.6 Å². The molecule has 2 aromatic carbocycles. The fraction of sp³-hybridized carbons (Fsp3) is 0.150. The summed E-state index contributed by atoms with van der Waals surface area (Å²) in [5.41, 5.74) is 1.84. The van der Waals surface area contributed by atoms with Crippen LogP contribution in [0.4, 0.5) is 11.5 Å². The fourth-order valence-electron chi connectivity index (χ4n) is 2.55. The van der Waals surface area contributed by atoms with Crippen molar-refractivity contribution in [3.05, 3.63) is 76.9 Å². The standard InChI is InChI=1S/C20H19ClN4O2/c1-25(13-14-6-4-3-5-7-14)19-11-9-16(23-24-19)20(26)22-17-12-15(21)8-10-18(17)27-2/h3-12H,13H2,1-2H3,(H,22,26). The van der Waals surface area contributed by atoms with Gasteiger partial charge >= 0.3 is 0 Å². The molecule has 3 rings (SSSR count). The highest BCUT2D eigenvalue weighted by Crippen LogP contribution is 2.28. The quantitative estimate of drug-likeness (QED) is 0.697. The zero-order chi connectivity index (χ0) is 19.2. The van der Waals surface area contributed by atoms with Gasteiger partial charge in [0.1, 0.15) is 5.75 Å². The molecule has 1 heterocycles. The van der Waals surface area contributed by atoms with Gasteiger partial charge in [-0.15, -0.1) is 10.2 Å². The lowest BCUT2D eigenvalue weighted by molar-refractivity contribution is 0.102. The van der Waals surface area contributed by atoms with E-state index in [0.29, 0.717) is 28.8 Å². The third-order valence-corrected chi connectivity index (χ3v) is 4.18. The molecule has 1 amide bonds. The Labute approximate surface area is 162 Å². The minimum absolute atomic E-state index is 0.203. The van der Waals surface area contributed by atoms with Crippen molar-refractivity contribution in [2.45, 2.75) is 6.54 Å². The maximum absolute atomic E-state index is 12.4. The van der Waals surface area contributed by atoms with Gasteiger partial charge < -0.3 is 15.0 Å². The maximum atomic E-state index is 12.4. The van der Waals surface area contributed by atoms with Crippen molar-refractivity contribution in [3.63, 3.8) is 0 Å². The van der Waals surface area contributed by atoms with Gasteiger partial charge in [-0.25, -0.2) is 0 Å². The number of halogens is 1. The van der Waals surface area contributed by atoms with Gasteiger partial charge in [0.05, 0.1) is 12.8 Å². The van der Waals surface area contributed by atoms with Crippen molar-refractivity contribution in [1.82, 2.24) is 10.2 Å². The van der Waals surface area contributed by atoms with Crippen LogP contribution in [0.3, 0.4) is 0 Å². The predicted octanol–water partition coefficient (Wildman–Crippen LogP) is 4.03. The Kier molecular flexibility index (Phi) is 5.88. The second-order valence-corrected chi connectivity index (χ2v) is 6.35. The van der Waals surface area contributed by atoms with Gasteiger partial charge in [0.15, 0.2) is 11.5 Å². The molecule has 0 radical (unpaired) electrons. The van der Waals surface area contributed by atoms with Gasteiger partial charge in [-0.05, 0) is 35.9 Å². The van der Waals surface area contributed by atoms with Crippen LogP contribution in [-0.2, 0) is 6.54 Å². The van der Waals surface area contributed by atoms with E-state index in [9.17, 15) is 4.79 Å². The van der Waals surface area contributed by atoms with Crippen LogP contribution in [0, 0.1) is 0 Å². The van der Waals surface area contributed by atoms with Gasteiger partial charge in [0.25, 0.3) is 5.91 Å². The van der Waals surface area contributed by atoms with Crippen LogP contribution in [0.1, 0.15) is 16.1 Å². The topological polar surface area (TPSA) is 67.3 Å². The van der Waals surface area contributed by atoms with E-state index in [1.807, 2.05) is 42.3 Å². The van der Waals surface area contributed by atoms with Gasteiger partial charge in [-0.3, -0.25) is 4.79 Å². The molecule has 0 aliphatic heterocycles. The number of hydrogen-bond donors (Lipinski definition) is 1. The zero-order valence-corrected chi connectivity index (χ0v) is 15.8. The fourth-order valence-corrected chi connectivity index (χ4v) is 2.72. The number of benzene rings is 2. The number of anilines is 2. The summed E-state index contributed by atoms with van der Waals surface area (Å²) >= 11 is 5.99. The minimum Gasteiger partial charge on any atom is -0.495 e. The van der Waals surface area contributed by atoms with Crippen LogP contribution in [0.5, 0.6) is 5.75 Å². The summed E-state index contributed by atoms with van der Waals surface area (Å²) in [5, 5.41) is 11.4. The third kappa shape index (κ3) is 4.74. The van der Waals surface area contributed by atoms with Crippen molar-refractivity contribution in [2.75, 3.05) is 24.4 Å². The number of methoxy groups -OCH3 is 1. The van der Waals surface area contributed by atoms with E-state index in [4.69, 9.17) is 16.3 Å². The first-order chi connectivity index (χ1) is 13.1. The second kappa shape index (κ2) is 8.51. The Morgan fingerprint density at radius 1 is 1.11 bits per heavy atom. The summed E-state index contributed by atoms with van der Waals surface area (Å²) in [6.45, 7) is 0.695. The van der Waals surface area contributed by atoms with Gasteiger partial charge in [-0.1, -0.05) is 41.9 Å². The number of ether oxygens (including phenoxy) is 1. The molecule has 138 valence electrons. The molecule has 0 atom stereocenters. The van der Waals surface area contributed by atoms with Gasteiger partial charge in [0.2, 0.25) is 0 Å². The Morgan fingerprint density at radius 2 is 1.89 bits per heavy atom. The van der Waals surface area contributed by atoms with Gasteiger partial charge in [-0.2, -0.15) is 0 Å². The SMILES string of the molecule is COc1ccc(Cl)cc1NC(=O)c1ccc(N(C)Cc2ccccc2)nn1. The molecule has 3 aromatic rings. The number of carbonyl (C=O) groups excluding carboxylic acids is 1. The first kappa shape index (κ1) is 18.7. The average Bonchev–Trinajstić information content (AvgIpc) is 2.69. The number of hydrogen-bond acceptors (Lipinski definition) is 5. The van der Waals surface area contributed by atoms with Crippen LogP contribution in [-0.4, -0.2) is 30.3 Å². The van der Waals surface area contributed by atoms with Crippen LogP contribution >= 0.6 is 11.6 Å². The summed E-state index contributed by atoms with van der Waals surface area (Å²) < 4.78 is 5.23. The number of nitrogens with zero attached hydrogens (tertiary/aromatic N) is 3. The summed E-state index contributed by atoms with van der Waals surface area (Å²) in [7, 11) is 3.45.